The van der Waals surface area contributed by atoms with Gasteiger partial charge < -0.3 is 5.32 Å². The van der Waals surface area contributed by atoms with Crippen LogP contribution in [0.25, 0.3) is 0 Å². The number of hydrogen-bond acceptors (Lipinski definition) is 1. The van der Waals surface area contributed by atoms with Crippen LogP contribution in [0, 0.1) is 5.41 Å². The molecule has 76 valence electrons. The van der Waals surface area contributed by atoms with Gasteiger partial charge in [-0.15, -0.1) is 0 Å². The third kappa shape index (κ3) is 1.52. The van der Waals surface area contributed by atoms with Crippen LogP contribution in [0.4, 0.5) is 0 Å². The van der Waals surface area contributed by atoms with Crippen LogP contribution < -0.4 is 5.32 Å². The van der Waals surface area contributed by atoms with Crippen molar-refractivity contribution >= 4 is 5.91 Å². The molecule has 0 spiro atoms. The number of nitrogens with one attached hydrogen (secondary N) is 1. The van der Waals surface area contributed by atoms with Crippen LogP contribution in [0.2, 0.25) is 0 Å². The number of carbonyl (C=O) groups excluding carboxylic acids is 1. The van der Waals surface area contributed by atoms with Crippen molar-refractivity contribution in [2.45, 2.75) is 19.8 Å². The Labute approximate surface area is 85.4 Å². The second-order valence-corrected chi connectivity index (χ2v) is 3.50. The molecule has 2 nitrogen and oxygen atoms in total. The maximum Gasteiger partial charge on any atom is 0.230 e. The predicted molar refractivity (Wildman–Crippen MR) is 58.8 cm³/mol. The van der Waals surface area contributed by atoms with Crippen molar-refractivity contribution in [3.63, 3.8) is 0 Å². The highest BCUT2D eigenvalue weighted by Crippen LogP contribution is 2.38. The molecule has 1 aliphatic heterocycles. The summed E-state index contributed by atoms with van der Waals surface area (Å²) in [5.74, 6) is 0.119. The Balaban J connectivity index is 3.10. The highest BCUT2D eigenvalue weighted by molar-refractivity contribution is 5.88. The lowest BCUT2D eigenvalue weighted by Crippen LogP contribution is -2.32. The molecule has 1 saturated heterocycles. The summed E-state index contributed by atoms with van der Waals surface area (Å²) in [6.45, 7) is 10.2. The first-order valence-electron chi connectivity index (χ1n) is 4.95. The third-order valence-electron chi connectivity index (χ3n) is 2.95. The van der Waals surface area contributed by atoms with Crippen LogP contribution in [0.5, 0.6) is 0 Å². The van der Waals surface area contributed by atoms with Crippen LogP contribution in [0.3, 0.4) is 0 Å². The van der Waals surface area contributed by atoms with Crippen LogP contribution in [0.1, 0.15) is 19.8 Å². The molecule has 1 amide bonds. The minimum atomic E-state index is -0.365. The third-order valence-corrected chi connectivity index (χ3v) is 2.95. The largest absolute Gasteiger partial charge is 0.355 e. The van der Waals surface area contributed by atoms with Gasteiger partial charge in [0.15, 0.2) is 0 Å². The smallest absolute Gasteiger partial charge is 0.230 e. The quantitative estimate of drug-likeness (QED) is 0.678. The van der Waals surface area contributed by atoms with Gasteiger partial charge in [-0.3, -0.25) is 4.79 Å². The molecule has 1 aliphatic rings. The van der Waals surface area contributed by atoms with E-state index in [4.69, 9.17) is 0 Å². The molecule has 1 fully saturated rings. The maximum absolute atomic E-state index is 11.8. The van der Waals surface area contributed by atoms with E-state index in [1.807, 2.05) is 13.0 Å². The van der Waals surface area contributed by atoms with Gasteiger partial charge in [-0.05, 0) is 18.4 Å². The molecule has 0 radical (unpaired) electrons. The molecule has 0 aromatic carbocycles. The monoisotopic (exact) mass is 191 g/mol. The van der Waals surface area contributed by atoms with Gasteiger partial charge in [0.05, 0.1) is 5.41 Å². The maximum atomic E-state index is 11.8. The van der Waals surface area contributed by atoms with E-state index < -0.39 is 0 Å². The van der Waals surface area contributed by atoms with E-state index in [0.29, 0.717) is 0 Å². The van der Waals surface area contributed by atoms with Crippen molar-refractivity contribution in [1.82, 2.24) is 5.32 Å². The predicted octanol–water partition coefficient (Wildman–Crippen LogP) is 2.20. The Morgan fingerprint density at radius 3 is 2.71 bits per heavy atom. The fraction of sp³-hybridized carbons (Fsp3) is 0.417. The van der Waals surface area contributed by atoms with E-state index >= 15 is 0 Å². The Kier molecular flexibility index (Phi) is 3.28. The summed E-state index contributed by atoms with van der Waals surface area (Å²) < 4.78 is 0. The van der Waals surface area contributed by atoms with E-state index in [1.54, 1.807) is 12.2 Å². The zero-order valence-corrected chi connectivity index (χ0v) is 8.68. The fourth-order valence-corrected chi connectivity index (χ4v) is 2.04. The Morgan fingerprint density at radius 1 is 1.64 bits per heavy atom. The molecule has 14 heavy (non-hydrogen) atoms. The van der Waals surface area contributed by atoms with Gasteiger partial charge >= 0.3 is 0 Å². The summed E-state index contributed by atoms with van der Waals surface area (Å²) >= 11 is 0. The van der Waals surface area contributed by atoms with Gasteiger partial charge in [-0.25, -0.2) is 0 Å². The van der Waals surface area contributed by atoms with Gasteiger partial charge in [0.25, 0.3) is 0 Å². The molecule has 1 unspecified atom stereocenters. The first-order chi connectivity index (χ1) is 6.71. The van der Waals surface area contributed by atoms with Crippen molar-refractivity contribution in [2.75, 3.05) is 6.54 Å². The van der Waals surface area contributed by atoms with Crippen molar-refractivity contribution in [2.24, 2.45) is 5.41 Å². The van der Waals surface area contributed by atoms with Crippen LogP contribution in [-0.4, -0.2) is 12.5 Å². The summed E-state index contributed by atoms with van der Waals surface area (Å²) in [6, 6.07) is 0. The summed E-state index contributed by atoms with van der Waals surface area (Å²) in [5, 5.41) is 2.87. The van der Waals surface area contributed by atoms with Crippen molar-refractivity contribution in [3.8, 4) is 0 Å². The van der Waals surface area contributed by atoms with Crippen molar-refractivity contribution < 1.29 is 4.79 Å². The Hall–Kier alpha value is -1.31. The molecular weight excluding hydrogens is 174 g/mol. The molecule has 1 N–H and O–H groups in total. The number of hydrogen-bond donors (Lipinski definition) is 1. The zero-order chi connectivity index (χ0) is 10.6. The van der Waals surface area contributed by atoms with Crippen molar-refractivity contribution in [3.05, 3.63) is 37.0 Å². The molecule has 0 bridgehead atoms. The van der Waals surface area contributed by atoms with Crippen LogP contribution in [0.15, 0.2) is 37.0 Å². The summed E-state index contributed by atoms with van der Waals surface area (Å²) in [7, 11) is 0. The molecule has 0 aromatic heterocycles. The first-order valence-corrected chi connectivity index (χ1v) is 4.95. The summed E-state index contributed by atoms with van der Waals surface area (Å²) in [4.78, 5) is 11.8. The second-order valence-electron chi connectivity index (χ2n) is 3.50. The van der Waals surface area contributed by atoms with E-state index in [0.717, 1.165) is 25.0 Å². The van der Waals surface area contributed by atoms with Crippen LogP contribution in [-0.2, 0) is 4.79 Å². The average Bonchev–Trinajstić information content (AvgIpc) is 2.57. The molecule has 0 saturated carbocycles. The van der Waals surface area contributed by atoms with E-state index in [1.165, 1.54) is 0 Å². The second kappa shape index (κ2) is 4.27. The van der Waals surface area contributed by atoms with Crippen LogP contribution >= 0.6 is 0 Å². The number of allylic oxidation sites excluding steroid dienone is 3. The molecule has 1 rings (SSSR count). The normalized spacial score (nSPS) is 27.2. The van der Waals surface area contributed by atoms with Gasteiger partial charge in [-0.2, -0.15) is 0 Å². The Bertz CT molecular complexity index is 291. The highest BCUT2D eigenvalue weighted by Gasteiger charge is 2.42. The standard InChI is InChI=1S/C12H17NO/c1-4-7-10(5-2)12(6-3)8-9-13-11(12)14/h4-5,7H,1-2,6,8-9H2,3H3,(H,13,14). The molecule has 0 aromatic rings. The molecule has 1 atom stereocenters. The molecule has 2 heteroatoms. The van der Waals surface area contributed by atoms with Gasteiger partial charge in [0, 0.05) is 6.54 Å². The zero-order valence-electron chi connectivity index (χ0n) is 8.68. The minimum Gasteiger partial charge on any atom is -0.355 e. The number of carbonyl (C=O) groups is 1. The average molecular weight is 191 g/mol. The number of amides is 1. The minimum absolute atomic E-state index is 0.119. The lowest BCUT2D eigenvalue weighted by atomic mass is 9.76. The fourth-order valence-electron chi connectivity index (χ4n) is 2.04. The van der Waals surface area contributed by atoms with E-state index in [2.05, 4.69) is 18.5 Å². The molecular formula is C12H17NO. The summed E-state index contributed by atoms with van der Waals surface area (Å²) in [6.07, 6.45) is 7.01. The van der Waals surface area contributed by atoms with Gasteiger partial charge in [0.2, 0.25) is 5.91 Å². The lowest BCUT2D eigenvalue weighted by molar-refractivity contribution is -0.125. The highest BCUT2D eigenvalue weighted by atomic mass is 16.2. The van der Waals surface area contributed by atoms with Gasteiger partial charge in [0.1, 0.15) is 0 Å². The SMILES string of the molecule is C=CC=C(C=C)C1(CC)CCNC1=O. The molecule has 1 heterocycles. The number of rotatable bonds is 4. The topological polar surface area (TPSA) is 29.1 Å². The van der Waals surface area contributed by atoms with Crippen molar-refractivity contribution in [1.29, 1.82) is 0 Å². The summed E-state index contributed by atoms with van der Waals surface area (Å²) in [5.41, 5.74) is 0.612. The molecule has 0 aliphatic carbocycles. The lowest BCUT2D eigenvalue weighted by Gasteiger charge is -2.25. The Morgan fingerprint density at radius 2 is 2.36 bits per heavy atom. The van der Waals surface area contributed by atoms with E-state index in [9.17, 15) is 4.79 Å². The first kappa shape index (κ1) is 10.8. The van der Waals surface area contributed by atoms with E-state index in [-0.39, 0.29) is 11.3 Å². The van der Waals surface area contributed by atoms with Gasteiger partial charge in [-0.1, -0.05) is 38.3 Å².